The highest BCUT2D eigenvalue weighted by atomic mass is 32.2. The van der Waals surface area contributed by atoms with Gasteiger partial charge in [-0.1, -0.05) is 31.4 Å². The Morgan fingerprint density at radius 2 is 2.06 bits per heavy atom. The number of benzene rings is 1. The van der Waals surface area contributed by atoms with Crippen LogP contribution in [0.5, 0.6) is 0 Å². The second-order valence-corrected chi connectivity index (χ2v) is 5.94. The first-order chi connectivity index (χ1) is 8.68. The number of hydrogen-bond donors (Lipinski definition) is 1. The fourth-order valence-electron chi connectivity index (χ4n) is 2.30. The summed E-state index contributed by atoms with van der Waals surface area (Å²) in [7, 11) is 0. The van der Waals surface area contributed by atoms with Crippen LogP contribution in [0.25, 0.3) is 0 Å². The Hall–Kier alpha value is -1.03. The molecule has 1 aromatic rings. The minimum absolute atomic E-state index is 0.225. The van der Waals surface area contributed by atoms with Crippen LogP contribution in [0.4, 0.5) is 4.39 Å². The molecular formula is C14H17FO2S. The molecule has 1 aliphatic carbocycles. The molecule has 0 amide bonds. The van der Waals surface area contributed by atoms with E-state index in [2.05, 4.69) is 0 Å². The topological polar surface area (TPSA) is 37.3 Å². The molecule has 0 unspecified atom stereocenters. The maximum atomic E-state index is 13.9. The second kappa shape index (κ2) is 6.23. The molecule has 0 spiro atoms. The number of rotatable bonds is 4. The molecule has 2 rings (SSSR count). The SMILES string of the molecule is O=C(O)c1cccc(CSC2CCCCC2)c1F. The third-order valence-electron chi connectivity index (χ3n) is 3.34. The van der Waals surface area contributed by atoms with Gasteiger partial charge in [0.05, 0.1) is 5.56 Å². The predicted octanol–water partition coefficient (Wildman–Crippen LogP) is 4.09. The van der Waals surface area contributed by atoms with Gasteiger partial charge < -0.3 is 5.11 Å². The van der Waals surface area contributed by atoms with E-state index in [-0.39, 0.29) is 5.56 Å². The van der Waals surface area contributed by atoms with Gasteiger partial charge in [0, 0.05) is 11.0 Å². The van der Waals surface area contributed by atoms with Crippen LogP contribution in [-0.4, -0.2) is 16.3 Å². The van der Waals surface area contributed by atoms with Gasteiger partial charge in [0.15, 0.2) is 0 Å². The van der Waals surface area contributed by atoms with Gasteiger partial charge in [0.2, 0.25) is 0 Å². The zero-order chi connectivity index (χ0) is 13.0. The second-order valence-electron chi connectivity index (χ2n) is 4.65. The maximum absolute atomic E-state index is 13.9. The molecule has 0 aliphatic heterocycles. The Morgan fingerprint density at radius 1 is 1.33 bits per heavy atom. The zero-order valence-corrected chi connectivity index (χ0v) is 11.0. The highest BCUT2D eigenvalue weighted by Gasteiger charge is 2.17. The lowest BCUT2D eigenvalue weighted by Crippen LogP contribution is -2.09. The molecule has 1 aromatic carbocycles. The van der Waals surface area contributed by atoms with Crippen molar-refractivity contribution >= 4 is 17.7 Å². The van der Waals surface area contributed by atoms with Crippen LogP contribution in [0.1, 0.15) is 48.0 Å². The van der Waals surface area contributed by atoms with Gasteiger partial charge in [0.1, 0.15) is 5.82 Å². The predicted molar refractivity (Wildman–Crippen MR) is 71.5 cm³/mol. The molecule has 0 radical (unpaired) electrons. The van der Waals surface area contributed by atoms with Gasteiger partial charge in [-0.25, -0.2) is 9.18 Å². The Kier molecular flexibility index (Phi) is 4.64. The molecule has 1 saturated carbocycles. The van der Waals surface area contributed by atoms with Crippen molar-refractivity contribution in [2.75, 3.05) is 0 Å². The van der Waals surface area contributed by atoms with Crippen molar-refractivity contribution in [1.82, 2.24) is 0 Å². The minimum Gasteiger partial charge on any atom is -0.478 e. The first kappa shape index (κ1) is 13.4. The number of carbonyl (C=O) groups is 1. The van der Waals surface area contributed by atoms with Crippen LogP contribution in [0.15, 0.2) is 18.2 Å². The van der Waals surface area contributed by atoms with Gasteiger partial charge in [-0.05, 0) is 24.5 Å². The normalized spacial score (nSPS) is 16.7. The van der Waals surface area contributed by atoms with E-state index in [0.717, 1.165) is 0 Å². The summed E-state index contributed by atoms with van der Waals surface area (Å²) in [5, 5.41) is 9.46. The van der Waals surface area contributed by atoms with Gasteiger partial charge in [-0.2, -0.15) is 11.8 Å². The number of carboxylic acids is 1. The standard InChI is InChI=1S/C14H17FO2S/c15-13-10(5-4-8-12(13)14(16)17)9-18-11-6-2-1-3-7-11/h4-5,8,11H,1-3,6-7,9H2,(H,16,17). The van der Waals surface area contributed by atoms with E-state index in [9.17, 15) is 9.18 Å². The van der Waals surface area contributed by atoms with Gasteiger partial charge in [-0.15, -0.1) is 0 Å². The Morgan fingerprint density at radius 3 is 2.72 bits per heavy atom. The number of halogens is 1. The molecule has 98 valence electrons. The summed E-state index contributed by atoms with van der Waals surface area (Å²) in [4.78, 5) is 10.8. The third-order valence-corrected chi connectivity index (χ3v) is 4.76. The van der Waals surface area contributed by atoms with Crippen molar-refractivity contribution < 1.29 is 14.3 Å². The number of hydrogen-bond acceptors (Lipinski definition) is 2. The largest absolute Gasteiger partial charge is 0.478 e. The molecule has 0 atom stereocenters. The van der Waals surface area contributed by atoms with E-state index in [1.54, 1.807) is 23.9 Å². The van der Waals surface area contributed by atoms with Gasteiger partial charge in [0.25, 0.3) is 0 Å². The zero-order valence-electron chi connectivity index (χ0n) is 10.2. The first-order valence-electron chi connectivity index (χ1n) is 6.31. The Labute approximate surface area is 111 Å². The summed E-state index contributed by atoms with van der Waals surface area (Å²) in [5.74, 6) is -1.21. The summed E-state index contributed by atoms with van der Waals surface area (Å²) in [6.07, 6.45) is 6.22. The molecule has 1 fully saturated rings. The minimum atomic E-state index is -1.20. The van der Waals surface area contributed by atoms with Crippen molar-refractivity contribution in [3.8, 4) is 0 Å². The fourth-order valence-corrected chi connectivity index (χ4v) is 3.60. The Bertz CT molecular complexity index is 428. The molecule has 0 bridgehead atoms. The summed E-state index contributed by atoms with van der Waals surface area (Å²) in [5.41, 5.74) is 0.280. The van der Waals surface area contributed by atoms with Crippen molar-refractivity contribution in [3.63, 3.8) is 0 Å². The van der Waals surface area contributed by atoms with Crippen molar-refractivity contribution in [2.24, 2.45) is 0 Å². The average Bonchev–Trinajstić information content (AvgIpc) is 2.38. The summed E-state index contributed by atoms with van der Waals surface area (Å²) in [6, 6.07) is 4.60. The number of aromatic carboxylic acids is 1. The summed E-state index contributed by atoms with van der Waals surface area (Å²) < 4.78 is 13.9. The molecule has 2 nitrogen and oxygen atoms in total. The highest BCUT2D eigenvalue weighted by molar-refractivity contribution is 7.99. The van der Waals surface area contributed by atoms with Crippen LogP contribution in [0, 0.1) is 5.82 Å². The van der Waals surface area contributed by atoms with E-state index in [1.807, 2.05) is 0 Å². The van der Waals surface area contributed by atoms with Gasteiger partial charge in [-0.3, -0.25) is 0 Å². The van der Waals surface area contributed by atoms with Crippen molar-refractivity contribution in [2.45, 2.75) is 43.1 Å². The van der Waals surface area contributed by atoms with Crippen molar-refractivity contribution in [3.05, 3.63) is 35.1 Å². The summed E-state index contributed by atoms with van der Waals surface area (Å²) in [6.45, 7) is 0. The van der Waals surface area contributed by atoms with Gasteiger partial charge >= 0.3 is 5.97 Å². The smallest absolute Gasteiger partial charge is 0.338 e. The molecule has 0 saturated heterocycles. The monoisotopic (exact) mass is 268 g/mol. The van der Waals surface area contributed by atoms with Crippen LogP contribution in [0.3, 0.4) is 0 Å². The fraction of sp³-hybridized carbons (Fsp3) is 0.500. The lowest BCUT2D eigenvalue weighted by Gasteiger charge is -2.21. The maximum Gasteiger partial charge on any atom is 0.338 e. The van der Waals surface area contributed by atoms with Crippen LogP contribution in [-0.2, 0) is 5.75 Å². The first-order valence-corrected chi connectivity index (χ1v) is 7.35. The summed E-state index contributed by atoms with van der Waals surface area (Å²) >= 11 is 1.75. The van der Waals surface area contributed by atoms with Crippen LogP contribution < -0.4 is 0 Å². The molecule has 0 heterocycles. The number of thioether (sulfide) groups is 1. The van der Waals surface area contributed by atoms with Crippen molar-refractivity contribution in [1.29, 1.82) is 0 Å². The molecular weight excluding hydrogens is 251 g/mol. The van der Waals surface area contributed by atoms with E-state index >= 15 is 0 Å². The quantitative estimate of drug-likeness (QED) is 0.893. The molecule has 1 N–H and O–H groups in total. The van der Waals surface area contributed by atoms with E-state index in [0.29, 0.717) is 16.6 Å². The lowest BCUT2D eigenvalue weighted by atomic mass is 10.0. The van der Waals surface area contributed by atoms with E-state index in [1.165, 1.54) is 38.2 Å². The van der Waals surface area contributed by atoms with Crippen LogP contribution in [0.2, 0.25) is 0 Å². The average molecular weight is 268 g/mol. The molecule has 0 aromatic heterocycles. The highest BCUT2D eigenvalue weighted by Crippen LogP contribution is 2.31. The lowest BCUT2D eigenvalue weighted by molar-refractivity contribution is 0.0691. The molecule has 4 heteroatoms. The molecule has 1 aliphatic rings. The molecule has 18 heavy (non-hydrogen) atoms. The Balaban J connectivity index is 2.00. The van der Waals surface area contributed by atoms with E-state index in [4.69, 9.17) is 5.11 Å². The van der Waals surface area contributed by atoms with Crippen LogP contribution >= 0.6 is 11.8 Å². The third kappa shape index (κ3) is 3.25. The van der Waals surface area contributed by atoms with E-state index < -0.39 is 11.8 Å². The number of carboxylic acid groups (broad SMARTS) is 1.